The molecule has 0 radical (unpaired) electrons. The SMILES string of the molecule is CC(SOSC(C)c1ccccn1)c1ccccn1. The van der Waals surface area contributed by atoms with E-state index in [2.05, 4.69) is 23.8 Å². The van der Waals surface area contributed by atoms with Crippen LogP contribution in [0.15, 0.2) is 48.8 Å². The van der Waals surface area contributed by atoms with E-state index in [0.29, 0.717) is 0 Å². The molecule has 19 heavy (non-hydrogen) atoms. The highest BCUT2D eigenvalue weighted by Crippen LogP contribution is 2.36. The molecule has 0 fully saturated rings. The van der Waals surface area contributed by atoms with E-state index in [1.165, 1.54) is 24.1 Å². The van der Waals surface area contributed by atoms with Crippen LogP contribution in [0.2, 0.25) is 0 Å². The van der Waals surface area contributed by atoms with Crippen LogP contribution < -0.4 is 0 Å². The van der Waals surface area contributed by atoms with Crippen molar-refractivity contribution in [2.24, 2.45) is 0 Å². The Balaban J connectivity index is 1.78. The van der Waals surface area contributed by atoms with Gasteiger partial charge in [0.15, 0.2) is 0 Å². The third-order valence-electron chi connectivity index (χ3n) is 2.58. The maximum atomic E-state index is 5.62. The van der Waals surface area contributed by atoms with Gasteiger partial charge in [0.2, 0.25) is 0 Å². The number of aromatic nitrogens is 2. The van der Waals surface area contributed by atoms with Crippen molar-refractivity contribution in [2.75, 3.05) is 0 Å². The summed E-state index contributed by atoms with van der Waals surface area (Å²) >= 11 is 2.85. The van der Waals surface area contributed by atoms with Gasteiger partial charge in [0.1, 0.15) is 0 Å². The molecule has 2 aromatic rings. The largest absolute Gasteiger partial charge is 0.260 e. The monoisotopic (exact) mass is 292 g/mol. The van der Waals surface area contributed by atoms with E-state index in [0.717, 1.165) is 11.4 Å². The van der Waals surface area contributed by atoms with Gasteiger partial charge in [0, 0.05) is 36.5 Å². The van der Waals surface area contributed by atoms with Gasteiger partial charge < -0.3 is 0 Å². The molecule has 0 aromatic carbocycles. The van der Waals surface area contributed by atoms with Crippen molar-refractivity contribution >= 4 is 24.1 Å². The standard InChI is InChI=1S/C14H16N2OS2/c1-11(13-7-3-5-9-15-13)18-17-19-12(2)14-8-4-6-10-16-14/h3-12H,1-2H3. The predicted octanol–water partition coefficient (Wildman–Crippen LogP) is 4.61. The van der Waals surface area contributed by atoms with Crippen molar-refractivity contribution in [3.05, 3.63) is 60.2 Å². The first kappa shape index (κ1) is 14.4. The first-order valence-electron chi connectivity index (χ1n) is 6.08. The molecule has 5 heteroatoms. The molecular formula is C14H16N2OS2. The van der Waals surface area contributed by atoms with E-state index in [4.69, 9.17) is 3.63 Å². The second-order valence-electron chi connectivity index (χ2n) is 4.05. The fourth-order valence-corrected chi connectivity index (χ4v) is 3.07. The van der Waals surface area contributed by atoms with Crippen LogP contribution in [0.1, 0.15) is 35.7 Å². The lowest BCUT2D eigenvalue weighted by Crippen LogP contribution is -1.94. The van der Waals surface area contributed by atoms with Crippen LogP contribution in [0.25, 0.3) is 0 Å². The minimum absolute atomic E-state index is 0.213. The fourth-order valence-electron chi connectivity index (χ4n) is 1.47. The quantitative estimate of drug-likeness (QED) is 0.726. The molecule has 0 N–H and O–H groups in total. The summed E-state index contributed by atoms with van der Waals surface area (Å²) in [5.41, 5.74) is 2.05. The Morgan fingerprint density at radius 1 is 0.842 bits per heavy atom. The highest BCUT2D eigenvalue weighted by molar-refractivity contribution is 8.08. The van der Waals surface area contributed by atoms with Crippen LogP contribution in [-0.4, -0.2) is 9.97 Å². The van der Waals surface area contributed by atoms with Gasteiger partial charge in [-0.1, -0.05) is 12.1 Å². The highest BCUT2D eigenvalue weighted by Gasteiger charge is 2.12. The Bertz CT molecular complexity index is 436. The number of hydrogen-bond donors (Lipinski definition) is 0. The molecule has 0 saturated heterocycles. The van der Waals surface area contributed by atoms with Gasteiger partial charge in [0.05, 0.1) is 21.9 Å². The molecule has 0 spiro atoms. The lowest BCUT2D eigenvalue weighted by Gasteiger charge is -2.12. The van der Waals surface area contributed by atoms with Crippen LogP contribution in [-0.2, 0) is 3.63 Å². The van der Waals surface area contributed by atoms with Crippen molar-refractivity contribution in [3.63, 3.8) is 0 Å². The molecule has 0 aliphatic heterocycles. The molecule has 2 atom stereocenters. The van der Waals surface area contributed by atoms with E-state index in [9.17, 15) is 0 Å². The Kier molecular flexibility index (Phi) is 5.69. The number of rotatable bonds is 6. The summed E-state index contributed by atoms with van der Waals surface area (Å²) < 4.78 is 5.62. The Morgan fingerprint density at radius 3 is 1.68 bits per heavy atom. The van der Waals surface area contributed by atoms with Crippen molar-refractivity contribution in [2.45, 2.75) is 24.3 Å². The molecule has 100 valence electrons. The Morgan fingerprint density at radius 2 is 1.32 bits per heavy atom. The average molecular weight is 292 g/mol. The first-order valence-corrected chi connectivity index (χ1v) is 7.69. The maximum absolute atomic E-state index is 5.62. The molecule has 0 bridgehead atoms. The summed E-state index contributed by atoms with van der Waals surface area (Å²) in [4.78, 5) is 8.62. The van der Waals surface area contributed by atoms with E-state index in [1.54, 1.807) is 12.4 Å². The molecule has 0 amide bonds. The molecule has 0 saturated carbocycles. The van der Waals surface area contributed by atoms with Crippen LogP contribution >= 0.6 is 24.1 Å². The number of pyridine rings is 2. The molecule has 3 nitrogen and oxygen atoms in total. The van der Waals surface area contributed by atoms with Crippen LogP contribution in [0.3, 0.4) is 0 Å². The van der Waals surface area contributed by atoms with E-state index >= 15 is 0 Å². The second kappa shape index (κ2) is 7.53. The van der Waals surface area contributed by atoms with Gasteiger partial charge in [-0.3, -0.25) is 9.97 Å². The zero-order valence-corrected chi connectivity index (χ0v) is 12.5. The second-order valence-corrected chi connectivity index (χ2v) is 6.40. The normalized spacial score (nSPS) is 14.0. The van der Waals surface area contributed by atoms with E-state index in [-0.39, 0.29) is 10.5 Å². The van der Waals surface area contributed by atoms with Crippen molar-refractivity contribution in [3.8, 4) is 0 Å². The highest BCUT2D eigenvalue weighted by atomic mass is 32.2. The fraction of sp³-hybridized carbons (Fsp3) is 0.286. The predicted molar refractivity (Wildman–Crippen MR) is 81.6 cm³/mol. The zero-order valence-electron chi connectivity index (χ0n) is 10.9. The van der Waals surface area contributed by atoms with Gasteiger partial charge in [-0.2, -0.15) is 0 Å². The van der Waals surface area contributed by atoms with Crippen LogP contribution in [0.5, 0.6) is 0 Å². The Labute approximate surface area is 122 Å². The third kappa shape index (κ3) is 4.53. The third-order valence-corrected chi connectivity index (χ3v) is 4.26. The minimum Gasteiger partial charge on any atom is -0.260 e. The lowest BCUT2D eigenvalue weighted by atomic mass is 10.3. The van der Waals surface area contributed by atoms with Crippen molar-refractivity contribution < 1.29 is 3.63 Å². The molecule has 2 unspecified atom stereocenters. The molecule has 2 aromatic heterocycles. The average Bonchev–Trinajstić information content (AvgIpc) is 2.49. The van der Waals surface area contributed by atoms with Crippen molar-refractivity contribution in [1.82, 2.24) is 9.97 Å². The summed E-state index contributed by atoms with van der Waals surface area (Å²) in [5, 5.41) is 0.425. The maximum Gasteiger partial charge on any atom is 0.0717 e. The van der Waals surface area contributed by atoms with Crippen molar-refractivity contribution in [1.29, 1.82) is 0 Å². The summed E-state index contributed by atoms with van der Waals surface area (Å²) in [7, 11) is 0. The first-order chi connectivity index (χ1) is 9.27. The summed E-state index contributed by atoms with van der Waals surface area (Å²) in [5.74, 6) is 0. The molecule has 2 rings (SSSR count). The topological polar surface area (TPSA) is 35.0 Å². The number of nitrogens with zero attached hydrogens (tertiary/aromatic N) is 2. The molecule has 0 aliphatic rings. The number of hydrogen-bond acceptors (Lipinski definition) is 5. The van der Waals surface area contributed by atoms with Gasteiger partial charge in [0.25, 0.3) is 0 Å². The summed E-state index contributed by atoms with van der Waals surface area (Å²) in [6, 6.07) is 11.8. The molecular weight excluding hydrogens is 276 g/mol. The Hall–Kier alpha value is -1.04. The smallest absolute Gasteiger partial charge is 0.0717 e. The minimum atomic E-state index is 0.213. The summed E-state index contributed by atoms with van der Waals surface area (Å²) in [6.07, 6.45) is 3.60. The van der Waals surface area contributed by atoms with Gasteiger partial charge in [-0.15, -0.1) is 0 Å². The lowest BCUT2D eigenvalue weighted by molar-refractivity contribution is 0.726. The van der Waals surface area contributed by atoms with Crippen LogP contribution in [0.4, 0.5) is 0 Å². The van der Waals surface area contributed by atoms with Gasteiger partial charge in [-0.25, -0.2) is 3.63 Å². The zero-order chi connectivity index (χ0) is 13.5. The van der Waals surface area contributed by atoms with Crippen LogP contribution in [0, 0.1) is 0 Å². The molecule has 2 heterocycles. The van der Waals surface area contributed by atoms with Gasteiger partial charge in [-0.05, 0) is 38.1 Å². The summed E-state index contributed by atoms with van der Waals surface area (Å²) in [6.45, 7) is 4.16. The van der Waals surface area contributed by atoms with E-state index < -0.39 is 0 Å². The van der Waals surface area contributed by atoms with Gasteiger partial charge >= 0.3 is 0 Å². The van der Waals surface area contributed by atoms with E-state index in [1.807, 2.05) is 36.4 Å². The molecule has 0 aliphatic carbocycles.